The van der Waals surface area contributed by atoms with Crippen molar-refractivity contribution in [2.75, 3.05) is 29.7 Å². The number of nitrogens with two attached hydrogens (primary N) is 1. The van der Waals surface area contributed by atoms with Gasteiger partial charge in [0.25, 0.3) is 0 Å². The van der Waals surface area contributed by atoms with Crippen LogP contribution in [0, 0.1) is 5.82 Å². The van der Waals surface area contributed by atoms with Crippen molar-refractivity contribution in [3.8, 4) is 0 Å². The Labute approximate surface area is 122 Å². The maximum absolute atomic E-state index is 13.8. The average Bonchev–Trinajstić information content (AvgIpc) is 2.47. The fraction of sp³-hybridized carbons (Fsp3) is 0.308. The van der Waals surface area contributed by atoms with Crippen molar-refractivity contribution in [3.63, 3.8) is 0 Å². The third kappa shape index (κ3) is 3.54. The van der Waals surface area contributed by atoms with E-state index in [1.54, 1.807) is 37.2 Å². The molecule has 0 aliphatic rings. The number of aromatic nitrogens is 3. The van der Waals surface area contributed by atoms with Gasteiger partial charge in [0.1, 0.15) is 5.82 Å². The van der Waals surface area contributed by atoms with Crippen molar-refractivity contribution in [2.45, 2.75) is 13.0 Å². The van der Waals surface area contributed by atoms with E-state index in [4.69, 9.17) is 5.84 Å². The monoisotopic (exact) mass is 291 g/mol. The molecule has 4 N–H and O–H groups in total. The third-order valence-corrected chi connectivity index (χ3v) is 2.87. The van der Waals surface area contributed by atoms with Crippen LogP contribution < -0.4 is 21.5 Å². The maximum atomic E-state index is 13.8. The van der Waals surface area contributed by atoms with Crippen LogP contribution in [0.4, 0.5) is 22.2 Å². The van der Waals surface area contributed by atoms with Crippen molar-refractivity contribution in [2.24, 2.45) is 5.84 Å². The lowest BCUT2D eigenvalue weighted by molar-refractivity contribution is 0.599. The van der Waals surface area contributed by atoms with E-state index >= 15 is 0 Å². The van der Waals surface area contributed by atoms with Crippen LogP contribution in [0.1, 0.15) is 18.5 Å². The smallest absolute Gasteiger partial charge is 0.243 e. The van der Waals surface area contributed by atoms with Crippen molar-refractivity contribution in [1.29, 1.82) is 0 Å². The summed E-state index contributed by atoms with van der Waals surface area (Å²) in [6, 6.07) is 6.26. The lowest BCUT2D eigenvalue weighted by Crippen LogP contribution is -2.20. The Hall–Kier alpha value is -2.48. The Kier molecular flexibility index (Phi) is 4.49. The second kappa shape index (κ2) is 6.31. The third-order valence-electron chi connectivity index (χ3n) is 2.87. The predicted molar refractivity (Wildman–Crippen MR) is 80.4 cm³/mol. The lowest BCUT2D eigenvalue weighted by atomic mass is 10.1. The molecule has 0 amide bonds. The van der Waals surface area contributed by atoms with Gasteiger partial charge in [-0.1, -0.05) is 18.2 Å². The van der Waals surface area contributed by atoms with Gasteiger partial charge in [0.15, 0.2) is 0 Å². The zero-order valence-corrected chi connectivity index (χ0v) is 12.1. The fourth-order valence-electron chi connectivity index (χ4n) is 1.79. The topological polar surface area (TPSA) is 92.0 Å². The summed E-state index contributed by atoms with van der Waals surface area (Å²) in [7, 11) is 3.61. The van der Waals surface area contributed by atoms with Gasteiger partial charge < -0.3 is 10.2 Å². The van der Waals surface area contributed by atoms with E-state index in [9.17, 15) is 4.39 Å². The van der Waals surface area contributed by atoms with E-state index in [1.165, 1.54) is 6.07 Å². The molecule has 112 valence electrons. The minimum absolute atomic E-state index is 0.233. The van der Waals surface area contributed by atoms with E-state index in [0.29, 0.717) is 17.5 Å². The van der Waals surface area contributed by atoms with Gasteiger partial charge in [-0.2, -0.15) is 15.0 Å². The molecule has 1 heterocycles. The minimum Gasteiger partial charge on any atom is -0.347 e. The van der Waals surface area contributed by atoms with Crippen LogP contribution in [0.2, 0.25) is 0 Å². The Morgan fingerprint density at radius 1 is 1.14 bits per heavy atom. The van der Waals surface area contributed by atoms with Crippen molar-refractivity contribution in [1.82, 2.24) is 15.0 Å². The average molecular weight is 291 g/mol. The molecular formula is C13H18FN7. The van der Waals surface area contributed by atoms with Gasteiger partial charge in [-0.15, -0.1) is 0 Å². The van der Waals surface area contributed by atoms with Gasteiger partial charge in [0.05, 0.1) is 6.04 Å². The highest BCUT2D eigenvalue weighted by Crippen LogP contribution is 2.21. The summed E-state index contributed by atoms with van der Waals surface area (Å²) in [5.74, 6) is 6.06. The first-order chi connectivity index (χ1) is 10.0. The summed E-state index contributed by atoms with van der Waals surface area (Å²) in [6.07, 6.45) is 0. The van der Waals surface area contributed by atoms with Gasteiger partial charge in [-0.25, -0.2) is 10.2 Å². The van der Waals surface area contributed by atoms with Crippen LogP contribution in [0.25, 0.3) is 0 Å². The largest absolute Gasteiger partial charge is 0.347 e. The van der Waals surface area contributed by atoms with Crippen molar-refractivity contribution in [3.05, 3.63) is 35.6 Å². The standard InChI is InChI=1S/C13H18FN7/c1-8(9-6-4-5-7-10(9)14)16-11-17-12(20-15)19-13(18-11)21(2)3/h4-8H,15H2,1-3H3,(H2,16,17,18,19,20). The molecular weight excluding hydrogens is 273 g/mol. The van der Waals surface area contributed by atoms with Crippen molar-refractivity contribution < 1.29 is 4.39 Å². The zero-order valence-electron chi connectivity index (χ0n) is 12.1. The van der Waals surface area contributed by atoms with Crippen LogP contribution >= 0.6 is 0 Å². The molecule has 0 bridgehead atoms. The molecule has 2 aromatic rings. The molecule has 0 radical (unpaired) electrons. The summed E-state index contributed by atoms with van der Waals surface area (Å²) in [4.78, 5) is 14.2. The Balaban J connectivity index is 2.26. The lowest BCUT2D eigenvalue weighted by Gasteiger charge is -2.17. The number of hydrogen-bond donors (Lipinski definition) is 3. The maximum Gasteiger partial charge on any atom is 0.243 e. The quantitative estimate of drug-likeness (QED) is 0.568. The number of nitrogens with zero attached hydrogens (tertiary/aromatic N) is 4. The predicted octanol–water partition coefficient (Wildman–Crippen LogP) is 1.54. The van der Waals surface area contributed by atoms with Gasteiger partial charge >= 0.3 is 0 Å². The van der Waals surface area contributed by atoms with E-state index in [0.717, 1.165) is 0 Å². The number of rotatable bonds is 5. The molecule has 0 spiro atoms. The SMILES string of the molecule is CC(Nc1nc(NN)nc(N(C)C)n1)c1ccccc1F. The summed E-state index contributed by atoms with van der Waals surface area (Å²) in [5, 5.41) is 3.04. The number of nitrogen functional groups attached to an aromatic ring is 1. The number of hydrazine groups is 1. The highest BCUT2D eigenvalue weighted by Gasteiger charge is 2.13. The van der Waals surface area contributed by atoms with Gasteiger partial charge in [-0.3, -0.25) is 5.43 Å². The van der Waals surface area contributed by atoms with E-state index in [2.05, 4.69) is 25.7 Å². The molecule has 21 heavy (non-hydrogen) atoms. The Morgan fingerprint density at radius 3 is 2.43 bits per heavy atom. The van der Waals surface area contributed by atoms with E-state index in [-0.39, 0.29) is 17.8 Å². The molecule has 1 aromatic carbocycles. The Morgan fingerprint density at radius 2 is 1.81 bits per heavy atom. The molecule has 0 saturated heterocycles. The summed E-state index contributed by atoms with van der Waals surface area (Å²) in [6.45, 7) is 1.83. The second-order valence-electron chi connectivity index (χ2n) is 4.71. The van der Waals surface area contributed by atoms with Gasteiger partial charge in [0, 0.05) is 19.7 Å². The molecule has 7 nitrogen and oxygen atoms in total. The highest BCUT2D eigenvalue weighted by molar-refractivity contribution is 5.43. The second-order valence-corrected chi connectivity index (χ2v) is 4.71. The van der Waals surface area contributed by atoms with Crippen molar-refractivity contribution >= 4 is 17.8 Å². The molecule has 2 rings (SSSR count). The molecule has 0 fully saturated rings. The number of anilines is 3. The summed E-state index contributed by atoms with van der Waals surface area (Å²) in [5.41, 5.74) is 2.92. The Bertz CT molecular complexity index is 617. The molecule has 0 aliphatic carbocycles. The fourth-order valence-corrected chi connectivity index (χ4v) is 1.79. The molecule has 1 unspecified atom stereocenters. The first-order valence-electron chi connectivity index (χ1n) is 6.42. The number of nitrogens with one attached hydrogen (secondary N) is 2. The molecule has 1 aromatic heterocycles. The first kappa shape index (κ1) is 14.9. The van der Waals surface area contributed by atoms with Crippen LogP contribution in [-0.2, 0) is 0 Å². The molecule has 0 saturated carbocycles. The number of benzene rings is 1. The van der Waals surface area contributed by atoms with Crippen LogP contribution in [-0.4, -0.2) is 29.0 Å². The number of halogens is 1. The minimum atomic E-state index is -0.297. The van der Waals surface area contributed by atoms with Gasteiger partial charge in [-0.05, 0) is 13.0 Å². The molecule has 8 heteroatoms. The van der Waals surface area contributed by atoms with E-state index < -0.39 is 0 Å². The first-order valence-corrected chi connectivity index (χ1v) is 6.42. The van der Waals surface area contributed by atoms with E-state index in [1.807, 2.05) is 6.92 Å². The van der Waals surface area contributed by atoms with Crippen LogP contribution in [0.5, 0.6) is 0 Å². The summed E-state index contributed by atoms with van der Waals surface area (Å²) < 4.78 is 13.8. The van der Waals surface area contributed by atoms with Crippen LogP contribution in [0.15, 0.2) is 24.3 Å². The normalized spacial score (nSPS) is 11.9. The van der Waals surface area contributed by atoms with Gasteiger partial charge in [0.2, 0.25) is 17.8 Å². The van der Waals surface area contributed by atoms with Crippen LogP contribution in [0.3, 0.4) is 0 Å². The number of hydrogen-bond acceptors (Lipinski definition) is 7. The highest BCUT2D eigenvalue weighted by atomic mass is 19.1. The molecule has 0 aliphatic heterocycles. The summed E-state index contributed by atoms with van der Waals surface area (Å²) >= 11 is 0. The molecule has 1 atom stereocenters. The zero-order chi connectivity index (χ0) is 15.4.